The molecule has 1 aliphatic rings. The van der Waals surface area contributed by atoms with Gasteiger partial charge in [-0.05, 0) is 39.3 Å². The van der Waals surface area contributed by atoms with Crippen molar-refractivity contribution >= 4 is 23.5 Å². The summed E-state index contributed by atoms with van der Waals surface area (Å²) in [4.78, 5) is 30.5. The van der Waals surface area contributed by atoms with E-state index in [1.807, 2.05) is 6.92 Å². The van der Waals surface area contributed by atoms with Gasteiger partial charge in [-0.2, -0.15) is 0 Å². The smallest absolute Gasteiger partial charge is 0.329 e. The molecule has 1 aromatic heterocycles. The van der Waals surface area contributed by atoms with Crippen molar-refractivity contribution in [2.45, 2.75) is 45.8 Å². The van der Waals surface area contributed by atoms with Gasteiger partial charge in [0.05, 0.1) is 6.61 Å². The number of fused-ring (bicyclic) bond motifs is 1. The summed E-state index contributed by atoms with van der Waals surface area (Å²) in [5, 5.41) is 0. The van der Waals surface area contributed by atoms with Gasteiger partial charge < -0.3 is 15.2 Å². The second-order valence-electron chi connectivity index (χ2n) is 5.52. The number of amides is 1. The number of ether oxygens (including phenoxy) is 2. The number of pyridine rings is 1. The topological polar surface area (TPSA) is 94.8 Å². The zero-order chi connectivity index (χ0) is 16.5. The van der Waals surface area contributed by atoms with Gasteiger partial charge in [-0.25, -0.2) is 9.78 Å². The maximum absolute atomic E-state index is 12.7. The molecular formula is C15H21N3O4. The Morgan fingerprint density at radius 2 is 2.14 bits per heavy atom. The molecule has 0 aromatic carbocycles. The summed E-state index contributed by atoms with van der Waals surface area (Å²) in [7, 11) is 0. The molecule has 22 heavy (non-hydrogen) atoms. The summed E-state index contributed by atoms with van der Waals surface area (Å²) < 4.78 is 10.8. The van der Waals surface area contributed by atoms with Crippen LogP contribution in [-0.2, 0) is 14.3 Å². The Morgan fingerprint density at radius 3 is 2.73 bits per heavy atom. The summed E-state index contributed by atoms with van der Waals surface area (Å²) in [5.41, 5.74) is 4.62. The lowest BCUT2D eigenvalue weighted by atomic mass is 10.0. The summed E-state index contributed by atoms with van der Waals surface area (Å²) in [6.07, 6.45) is 0.399. The molecule has 0 radical (unpaired) electrons. The van der Waals surface area contributed by atoms with E-state index in [0.717, 1.165) is 0 Å². The molecule has 0 saturated carbocycles. The molecule has 2 rings (SSSR count). The van der Waals surface area contributed by atoms with E-state index in [4.69, 9.17) is 15.2 Å². The van der Waals surface area contributed by atoms with Crippen molar-refractivity contribution in [2.24, 2.45) is 0 Å². The Morgan fingerprint density at radius 1 is 1.45 bits per heavy atom. The molecule has 1 aliphatic heterocycles. The van der Waals surface area contributed by atoms with E-state index >= 15 is 0 Å². The minimum Gasteiger partial charge on any atom is -0.474 e. The molecular weight excluding hydrogens is 286 g/mol. The summed E-state index contributed by atoms with van der Waals surface area (Å²) in [5.74, 6) is 0.105. The lowest BCUT2D eigenvalue weighted by Crippen LogP contribution is -2.58. The molecule has 0 bridgehead atoms. The summed E-state index contributed by atoms with van der Waals surface area (Å²) >= 11 is 0. The highest BCUT2D eigenvalue weighted by Crippen LogP contribution is 2.38. The van der Waals surface area contributed by atoms with Gasteiger partial charge in [0.15, 0.2) is 17.2 Å². The van der Waals surface area contributed by atoms with E-state index in [1.165, 1.54) is 4.90 Å². The number of nitrogens with two attached hydrogens (primary N) is 1. The predicted molar refractivity (Wildman–Crippen MR) is 81.6 cm³/mol. The number of esters is 1. The molecule has 1 unspecified atom stereocenters. The van der Waals surface area contributed by atoms with Crippen molar-refractivity contribution < 1.29 is 19.1 Å². The van der Waals surface area contributed by atoms with Gasteiger partial charge in [-0.15, -0.1) is 0 Å². The highest BCUT2D eigenvalue weighted by molar-refractivity contribution is 6.05. The van der Waals surface area contributed by atoms with Crippen LogP contribution in [0.1, 0.15) is 34.1 Å². The van der Waals surface area contributed by atoms with E-state index in [0.29, 0.717) is 12.2 Å². The highest BCUT2D eigenvalue weighted by Gasteiger charge is 2.46. The summed E-state index contributed by atoms with van der Waals surface area (Å²) in [6, 6.07) is 2.48. The third kappa shape index (κ3) is 2.70. The van der Waals surface area contributed by atoms with Gasteiger partial charge in [0.1, 0.15) is 11.9 Å². The number of anilines is 2. The van der Waals surface area contributed by atoms with Crippen LogP contribution in [-0.4, -0.2) is 35.1 Å². The molecule has 7 heteroatoms. The average Bonchev–Trinajstić information content (AvgIpc) is 2.45. The first-order valence-corrected chi connectivity index (χ1v) is 7.27. The minimum absolute atomic E-state index is 0.245. The van der Waals surface area contributed by atoms with E-state index in [9.17, 15) is 9.59 Å². The second kappa shape index (κ2) is 5.82. The molecule has 1 aromatic rings. The number of aromatic nitrogens is 1. The predicted octanol–water partition coefficient (Wildman–Crippen LogP) is 1.51. The molecule has 0 spiro atoms. The molecule has 2 N–H and O–H groups in total. The molecule has 120 valence electrons. The number of nitrogen functional groups attached to an aromatic ring is 1. The van der Waals surface area contributed by atoms with Crippen molar-refractivity contribution in [3.63, 3.8) is 0 Å². The number of rotatable bonds is 4. The largest absolute Gasteiger partial charge is 0.474 e. The van der Waals surface area contributed by atoms with E-state index in [1.54, 1.807) is 32.9 Å². The molecule has 0 fully saturated rings. The SMILES string of the molecule is CCOC(=O)C(CC)N1C(=O)C(C)(C)Oc2ccc(N)nc21. The van der Waals surface area contributed by atoms with Gasteiger partial charge >= 0.3 is 5.97 Å². The molecule has 1 atom stereocenters. The van der Waals surface area contributed by atoms with Gasteiger partial charge in [0.2, 0.25) is 0 Å². The summed E-state index contributed by atoms with van der Waals surface area (Å²) in [6.45, 7) is 7.08. The maximum atomic E-state index is 12.7. The Balaban J connectivity index is 2.54. The molecule has 0 saturated heterocycles. The lowest BCUT2D eigenvalue weighted by molar-refractivity contribution is -0.147. The van der Waals surface area contributed by atoms with Gasteiger partial charge in [0, 0.05) is 0 Å². The Kier molecular flexibility index (Phi) is 4.25. The average molecular weight is 307 g/mol. The Hall–Kier alpha value is -2.31. The van der Waals surface area contributed by atoms with E-state index in [-0.39, 0.29) is 24.1 Å². The number of carbonyl (C=O) groups is 2. The molecule has 0 aliphatic carbocycles. The first kappa shape index (κ1) is 16.1. The second-order valence-corrected chi connectivity index (χ2v) is 5.52. The third-order valence-electron chi connectivity index (χ3n) is 3.45. The number of carbonyl (C=O) groups excluding carboxylic acids is 2. The molecule has 2 heterocycles. The van der Waals surface area contributed by atoms with Gasteiger partial charge in [0.25, 0.3) is 5.91 Å². The first-order chi connectivity index (χ1) is 10.3. The monoisotopic (exact) mass is 307 g/mol. The standard InChI is InChI=1S/C15H21N3O4/c1-5-9(13(19)21-6-2)18-12-10(7-8-11(16)17-12)22-15(3,4)14(18)20/h7-9H,5-6H2,1-4H3,(H2,16,17). The quantitative estimate of drug-likeness (QED) is 0.847. The Labute approximate surface area is 129 Å². The fraction of sp³-hybridized carbons (Fsp3) is 0.533. The van der Waals surface area contributed by atoms with Crippen molar-refractivity contribution in [3.05, 3.63) is 12.1 Å². The third-order valence-corrected chi connectivity index (χ3v) is 3.45. The molecule has 1 amide bonds. The Bertz CT molecular complexity index is 600. The number of nitrogens with zero attached hydrogens (tertiary/aromatic N) is 2. The van der Waals surface area contributed by atoms with Crippen LogP contribution in [0.15, 0.2) is 12.1 Å². The highest BCUT2D eigenvalue weighted by atomic mass is 16.5. The van der Waals surface area contributed by atoms with Crippen molar-refractivity contribution in [1.29, 1.82) is 0 Å². The van der Waals surface area contributed by atoms with Gasteiger partial charge in [-0.3, -0.25) is 9.69 Å². The van der Waals surface area contributed by atoms with Crippen LogP contribution in [0.4, 0.5) is 11.6 Å². The number of hydrogen-bond donors (Lipinski definition) is 1. The zero-order valence-corrected chi connectivity index (χ0v) is 13.3. The fourth-order valence-corrected chi connectivity index (χ4v) is 2.39. The van der Waals surface area contributed by atoms with Crippen LogP contribution in [0.2, 0.25) is 0 Å². The lowest BCUT2D eigenvalue weighted by Gasteiger charge is -2.40. The van der Waals surface area contributed by atoms with Crippen molar-refractivity contribution in [1.82, 2.24) is 4.98 Å². The first-order valence-electron chi connectivity index (χ1n) is 7.27. The van der Waals surface area contributed by atoms with Crippen LogP contribution in [0, 0.1) is 0 Å². The zero-order valence-electron chi connectivity index (χ0n) is 13.3. The van der Waals surface area contributed by atoms with Crippen molar-refractivity contribution in [3.8, 4) is 5.75 Å². The fourth-order valence-electron chi connectivity index (χ4n) is 2.39. The van der Waals surface area contributed by atoms with E-state index < -0.39 is 17.6 Å². The van der Waals surface area contributed by atoms with Crippen molar-refractivity contribution in [2.75, 3.05) is 17.2 Å². The van der Waals surface area contributed by atoms with E-state index in [2.05, 4.69) is 4.98 Å². The normalized spacial score (nSPS) is 17.5. The minimum atomic E-state index is -1.09. The van der Waals surface area contributed by atoms with Crippen LogP contribution < -0.4 is 15.4 Å². The van der Waals surface area contributed by atoms with Crippen LogP contribution in [0.25, 0.3) is 0 Å². The maximum Gasteiger partial charge on any atom is 0.329 e. The van der Waals surface area contributed by atoms with Crippen LogP contribution in [0.3, 0.4) is 0 Å². The number of hydrogen-bond acceptors (Lipinski definition) is 6. The van der Waals surface area contributed by atoms with Crippen LogP contribution >= 0.6 is 0 Å². The van der Waals surface area contributed by atoms with Gasteiger partial charge in [-0.1, -0.05) is 6.92 Å². The van der Waals surface area contributed by atoms with Crippen LogP contribution in [0.5, 0.6) is 5.75 Å². The molecule has 7 nitrogen and oxygen atoms in total.